The van der Waals surface area contributed by atoms with Gasteiger partial charge in [0.25, 0.3) is 0 Å². The Labute approximate surface area is 175 Å². The molecule has 1 heterocycles. The number of Topliss-reactive ketones (excluding diaryl/α,β-unsaturated/α-hetero) is 1. The lowest BCUT2D eigenvalue weighted by atomic mass is 9.94. The first kappa shape index (κ1) is 22.1. The number of ketones is 1. The topological polar surface area (TPSA) is 80.8 Å². The zero-order chi connectivity index (χ0) is 21.9. The molecule has 1 fully saturated rings. The van der Waals surface area contributed by atoms with Crippen LogP contribution in [-0.4, -0.2) is 44.2 Å². The van der Waals surface area contributed by atoms with Crippen molar-refractivity contribution in [3.05, 3.63) is 65.5 Å². The summed E-state index contributed by atoms with van der Waals surface area (Å²) in [5.74, 6) is -1.09. The Morgan fingerprint density at radius 1 is 0.967 bits per heavy atom. The molecular formula is C22H24FNO5S. The normalized spacial score (nSPS) is 20.0. The molecule has 0 amide bonds. The van der Waals surface area contributed by atoms with E-state index in [-0.39, 0.29) is 27.9 Å². The molecule has 0 aromatic heterocycles. The lowest BCUT2D eigenvalue weighted by Gasteiger charge is -2.34. The summed E-state index contributed by atoms with van der Waals surface area (Å²) < 4.78 is 45.2. The van der Waals surface area contributed by atoms with E-state index in [4.69, 9.17) is 4.74 Å². The minimum Gasteiger partial charge on any atom is -0.454 e. The third kappa shape index (κ3) is 5.12. The molecule has 1 aliphatic rings. The number of halogens is 1. The van der Waals surface area contributed by atoms with E-state index in [2.05, 4.69) is 0 Å². The summed E-state index contributed by atoms with van der Waals surface area (Å²) in [6.45, 7) is 4.52. The molecule has 0 aliphatic carbocycles. The van der Waals surface area contributed by atoms with E-state index in [1.807, 2.05) is 13.8 Å². The zero-order valence-electron chi connectivity index (χ0n) is 16.9. The third-order valence-electron chi connectivity index (χ3n) is 5.06. The molecule has 2 aromatic carbocycles. The molecule has 2 aromatic rings. The van der Waals surface area contributed by atoms with Crippen LogP contribution in [0.15, 0.2) is 53.4 Å². The number of rotatable bonds is 6. The van der Waals surface area contributed by atoms with Crippen LogP contribution in [0.4, 0.5) is 4.39 Å². The Kier molecular flexibility index (Phi) is 6.67. The van der Waals surface area contributed by atoms with Gasteiger partial charge in [0.15, 0.2) is 12.4 Å². The van der Waals surface area contributed by atoms with Crippen LogP contribution in [-0.2, 0) is 14.8 Å². The van der Waals surface area contributed by atoms with Crippen molar-refractivity contribution in [1.29, 1.82) is 0 Å². The smallest absolute Gasteiger partial charge is 0.338 e. The number of hydrogen-bond donors (Lipinski definition) is 0. The fourth-order valence-corrected chi connectivity index (χ4v) is 5.33. The Morgan fingerprint density at radius 3 is 2.07 bits per heavy atom. The van der Waals surface area contributed by atoms with Gasteiger partial charge in [0.1, 0.15) is 5.82 Å². The minimum atomic E-state index is -3.64. The standard InChI is InChI=1S/C22H24FNO5S/c1-15-11-16(2)13-24(12-15)30(27,28)20-9-5-18(6-10-20)22(26)29-14-21(25)17-3-7-19(23)8-4-17/h3-10,15-16H,11-14H2,1-2H3/t15-,16+. The SMILES string of the molecule is C[C@@H]1C[C@H](C)CN(S(=O)(=O)c2ccc(C(=O)OCC(=O)c3ccc(F)cc3)cc2)C1. The average molecular weight is 434 g/mol. The van der Waals surface area contributed by atoms with Gasteiger partial charge in [-0.25, -0.2) is 17.6 Å². The predicted octanol–water partition coefficient (Wildman–Crippen LogP) is 3.53. The van der Waals surface area contributed by atoms with Crippen molar-refractivity contribution in [2.45, 2.75) is 25.2 Å². The van der Waals surface area contributed by atoms with Crippen molar-refractivity contribution in [2.75, 3.05) is 19.7 Å². The molecule has 0 N–H and O–H groups in total. The lowest BCUT2D eigenvalue weighted by molar-refractivity contribution is 0.0474. The molecule has 1 saturated heterocycles. The highest BCUT2D eigenvalue weighted by molar-refractivity contribution is 7.89. The molecule has 0 spiro atoms. The molecular weight excluding hydrogens is 409 g/mol. The van der Waals surface area contributed by atoms with Crippen LogP contribution in [0.3, 0.4) is 0 Å². The maximum atomic E-state index is 12.9. The van der Waals surface area contributed by atoms with Gasteiger partial charge in [-0.1, -0.05) is 13.8 Å². The van der Waals surface area contributed by atoms with E-state index < -0.39 is 34.2 Å². The third-order valence-corrected chi connectivity index (χ3v) is 6.91. The minimum absolute atomic E-state index is 0.114. The molecule has 0 unspecified atom stereocenters. The van der Waals surface area contributed by atoms with Gasteiger partial charge < -0.3 is 4.74 Å². The van der Waals surface area contributed by atoms with E-state index in [1.54, 1.807) is 0 Å². The van der Waals surface area contributed by atoms with Crippen LogP contribution in [0.5, 0.6) is 0 Å². The fourth-order valence-electron chi connectivity index (χ4n) is 3.65. The van der Waals surface area contributed by atoms with Crippen LogP contribution in [0, 0.1) is 17.7 Å². The molecule has 0 radical (unpaired) electrons. The number of ether oxygens (including phenoxy) is 1. The summed E-state index contributed by atoms with van der Waals surface area (Å²) in [7, 11) is -3.64. The quantitative estimate of drug-likeness (QED) is 0.514. The Bertz CT molecular complexity index is 1010. The van der Waals surface area contributed by atoms with Crippen molar-refractivity contribution in [3.63, 3.8) is 0 Å². The number of benzene rings is 2. The Balaban J connectivity index is 1.64. The summed E-state index contributed by atoms with van der Waals surface area (Å²) in [4.78, 5) is 24.3. The summed E-state index contributed by atoms with van der Waals surface area (Å²) in [5, 5.41) is 0. The maximum Gasteiger partial charge on any atom is 0.338 e. The summed E-state index contributed by atoms with van der Waals surface area (Å²) in [6.07, 6.45) is 0.993. The lowest BCUT2D eigenvalue weighted by Crippen LogP contribution is -2.42. The molecule has 6 nitrogen and oxygen atoms in total. The number of sulfonamides is 1. The highest BCUT2D eigenvalue weighted by Crippen LogP contribution is 2.26. The van der Waals surface area contributed by atoms with Crippen LogP contribution in [0.1, 0.15) is 41.0 Å². The van der Waals surface area contributed by atoms with Gasteiger partial charge in [-0.05, 0) is 66.8 Å². The number of carbonyl (C=O) groups is 2. The summed E-state index contributed by atoms with van der Waals surface area (Å²) in [5.41, 5.74) is 0.372. The molecule has 0 saturated carbocycles. The van der Waals surface area contributed by atoms with Crippen LogP contribution in [0.2, 0.25) is 0 Å². The van der Waals surface area contributed by atoms with Crippen molar-refractivity contribution in [3.8, 4) is 0 Å². The molecule has 160 valence electrons. The fraction of sp³-hybridized carbons (Fsp3) is 0.364. The molecule has 30 heavy (non-hydrogen) atoms. The van der Waals surface area contributed by atoms with Gasteiger partial charge in [-0.15, -0.1) is 0 Å². The van der Waals surface area contributed by atoms with Crippen LogP contribution in [0.25, 0.3) is 0 Å². The Hall–Kier alpha value is -2.58. The largest absolute Gasteiger partial charge is 0.454 e. The second-order valence-electron chi connectivity index (χ2n) is 7.80. The van der Waals surface area contributed by atoms with Gasteiger partial charge in [-0.2, -0.15) is 4.31 Å². The van der Waals surface area contributed by atoms with E-state index >= 15 is 0 Å². The van der Waals surface area contributed by atoms with Gasteiger partial charge in [0.05, 0.1) is 10.5 Å². The first-order valence-electron chi connectivity index (χ1n) is 9.73. The molecule has 2 atom stereocenters. The van der Waals surface area contributed by atoms with E-state index in [9.17, 15) is 22.4 Å². The van der Waals surface area contributed by atoms with Crippen LogP contribution >= 0.6 is 0 Å². The average Bonchev–Trinajstić information content (AvgIpc) is 2.71. The van der Waals surface area contributed by atoms with Crippen molar-refractivity contribution >= 4 is 21.8 Å². The second kappa shape index (κ2) is 9.06. The predicted molar refractivity (Wildman–Crippen MR) is 109 cm³/mol. The zero-order valence-corrected chi connectivity index (χ0v) is 17.7. The highest BCUT2D eigenvalue weighted by Gasteiger charge is 2.31. The monoisotopic (exact) mass is 433 g/mol. The molecule has 1 aliphatic heterocycles. The second-order valence-corrected chi connectivity index (χ2v) is 9.74. The van der Waals surface area contributed by atoms with Crippen molar-refractivity contribution in [1.82, 2.24) is 4.31 Å². The molecule has 3 rings (SSSR count). The van der Waals surface area contributed by atoms with E-state index in [0.29, 0.717) is 13.1 Å². The van der Waals surface area contributed by atoms with Crippen molar-refractivity contribution in [2.24, 2.45) is 11.8 Å². The van der Waals surface area contributed by atoms with E-state index in [0.717, 1.165) is 18.6 Å². The van der Waals surface area contributed by atoms with Gasteiger partial charge in [0, 0.05) is 18.7 Å². The molecule has 0 bridgehead atoms. The number of esters is 1. The van der Waals surface area contributed by atoms with Gasteiger partial charge in [0.2, 0.25) is 10.0 Å². The number of hydrogen-bond acceptors (Lipinski definition) is 5. The first-order valence-corrected chi connectivity index (χ1v) is 11.2. The first-order chi connectivity index (χ1) is 14.2. The van der Waals surface area contributed by atoms with Gasteiger partial charge in [-0.3, -0.25) is 4.79 Å². The maximum absolute atomic E-state index is 12.9. The van der Waals surface area contributed by atoms with Crippen LogP contribution < -0.4 is 0 Å². The number of piperidine rings is 1. The van der Waals surface area contributed by atoms with Crippen molar-refractivity contribution < 1.29 is 27.1 Å². The van der Waals surface area contributed by atoms with E-state index in [1.165, 1.54) is 40.7 Å². The number of nitrogens with zero attached hydrogens (tertiary/aromatic N) is 1. The van der Waals surface area contributed by atoms with Gasteiger partial charge >= 0.3 is 5.97 Å². The Morgan fingerprint density at radius 2 is 1.50 bits per heavy atom. The highest BCUT2D eigenvalue weighted by atomic mass is 32.2. The number of carbonyl (C=O) groups excluding carboxylic acids is 2. The molecule has 8 heteroatoms. The summed E-state index contributed by atoms with van der Waals surface area (Å²) >= 11 is 0. The summed E-state index contributed by atoms with van der Waals surface area (Å²) in [6, 6.07) is 10.4.